The number of hydrogen-bond acceptors (Lipinski definition) is 3. The number of carbonyl (C=O) groups is 2. The molecule has 4 rings (SSSR count). The first-order valence-electron chi connectivity index (χ1n) is 11.3. The van der Waals surface area contributed by atoms with Gasteiger partial charge in [0.05, 0.1) is 13.0 Å². The molecule has 0 aliphatic carbocycles. The number of nitrogens with two attached hydrogens (primary N) is 1. The lowest BCUT2D eigenvalue weighted by molar-refractivity contribution is -0.137. The standard InChI is InChI=1S/C25H28F3N3O2/c26-20-13-22(28)21(27)11-16(20)12-23(29)17-9-18-6-7-19(10-17)31(18)25(33)14-30-24(32)8-15-4-2-1-3-5-15/h1-5,11,13,17-19,23H,6-10,12,14,29H2,(H,30,32)/t17-,18-,19+,23-/m1/s1. The van der Waals surface area contributed by atoms with Crippen LogP contribution in [0.15, 0.2) is 42.5 Å². The van der Waals surface area contributed by atoms with Gasteiger partial charge in [0.15, 0.2) is 11.6 Å². The Morgan fingerprint density at radius 2 is 1.64 bits per heavy atom. The zero-order valence-corrected chi connectivity index (χ0v) is 18.3. The summed E-state index contributed by atoms with van der Waals surface area (Å²) in [4.78, 5) is 26.9. The Morgan fingerprint density at radius 3 is 2.30 bits per heavy atom. The molecule has 0 unspecified atom stereocenters. The van der Waals surface area contributed by atoms with Gasteiger partial charge in [-0.15, -0.1) is 0 Å². The molecule has 8 heteroatoms. The van der Waals surface area contributed by atoms with E-state index in [9.17, 15) is 22.8 Å². The summed E-state index contributed by atoms with van der Waals surface area (Å²) in [6.07, 6.45) is 3.39. The van der Waals surface area contributed by atoms with Crippen LogP contribution in [0.4, 0.5) is 13.2 Å². The van der Waals surface area contributed by atoms with Crippen LogP contribution in [0.5, 0.6) is 0 Å². The van der Waals surface area contributed by atoms with Gasteiger partial charge < -0.3 is 16.0 Å². The second-order valence-electron chi connectivity index (χ2n) is 9.08. The number of piperidine rings is 1. The molecule has 2 aliphatic rings. The quantitative estimate of drug-likeness (QED) is 0.625. The molecule has 2 bridgehead atoms. The largest absolute Gasteiger partial charge is 0.347 e. The maximum absolute atomic E-state index is 14.0. The highest BCUT2D eigenvalue weighted by atomic mass is 19.2. The molecule has 2 aliphatic heterocycles. The van der Waals surface area contributed by atoms with Gasteiger partial charge in [-0.05, 0) is 55.2 Å². The van der Waals surface area contributed by atoms with Crippen molar-refractivity contribution in [2.24, 2.45) is 11.7 Å². The monoisotopic (exact) mass is 459 g/mol. The van der Waals surface area contributed by atoms with E-state index in [-0.39, 0.29) is 54.8 Å². The molecule has 2 aromatic rings. The van der Waals surface area contributed by atoms with Crippen LogP contribution in [0.1, 0.15) is 36.8 Å². The Bertz CT molecular complexity index is 1000. The average Bonchev–Trinajstić information content (AvgIpc) is 3.05. The van der Waals surface area contributed by atoms with Gasteiger partial charge in [0.25, 0.3) is 0 Å². The first-order valence-corrected chi connectivity index (χ1v) is 11.3. The molecule has 0 radical (unpaired) electrons. The van der Waals surface area contributed by atoms with Crippen LogP contribution in [0.25, 0.3) is 0 Å². The maximum atomic E-state index is 14.0. The minimum Gasteiger partial charge on any atom is -0.347 e. The molecule has 3 N–H and O–H groups in total. The number of nitrogens with zero attached hydrogens (tertiary/aromatic N) is 1. The van der Waals surface area contributed by atoms with E-state index in [1.807, 2.05) is 35.2 Å². The number of fused-ring (bicyclic) bond motifs is 2. The molecule has 2 fully saturated rings. The van der Waals surface area contributed by atoms with Gasteiger partial charge in [0.2, 0.25) is 11.8 Å². The molecule has 2 amide bonds. The van der Waals surface area contributed by atoms with Crippen molar-refractivity contribution in [2.75, 3.05) is 6.54 Å². The number of halogens is 3. The van der Waals surface area contributed by atoms with Crippen LogP contribution in [0.3, 0.4) is 0 Å². The van der Waals surface area contributed by atoms with E-state index in [0.29, 0.717) is 18.9 Å². The molecular formula is C25H28F3N3O2. The minimum atomic E-state index is -1.22. The highest BCUT2D eigenvalue weighted by Crippen LogP contribution is 2.40. The molecule has 4 atom stereocenters. The summed E-state index contributed by atoms with van der Waals surface area (Å²) < 4.78 is 40.7. The third-order valence-corrected chi connectivity index (χ3v) is 6.85. The summed E-state index contributed by atoms with van der Waals surface area (Å²) in [5.74, 6) is -3.37. The molecule has 0 spiro atoms. The van der Waals surface area contributed by atoms with Crippen LogP contribution < -0.4 is 11.1 Å². The summed E-state index contributed by atoms with van der Waals surface area (Å²) in [6, 6.07) is 10.4. The van der Waals surface area contributed by atoms with E-state index in [1.54, 1.807) is 0 Å². The van der Waals surface area contributed by atoms with Crippen LogP contribution in [0, 0.1) is 23.4 Å². The molecule has 5 nitrogen and oxygen atoms in total. The van der Waals surface area contributed by atoms with Crippen molar-refractivity contribution >= 4 is 11.8 Å². The van der Waals surface area contributed by atoms with E-state index in [4.69, 9.17) is 5.73 Å². The zero-order valence-electron chi connectivity index (χ0n) is 18.3. The zero-order chi connectivity index (χ0) is 23.5. The fourth-order valence-corrected chi connectivity index (χ4v) is 5.23. The van der Waals surface area contributed by atoms with Crippen LogP contribution in [-0.4, -0.2) is 41.4 Å². The fraction of sp³-hybridized carbons (Fsp3) is 0.440. The Morgan fingerprint density at radius 1 is 1.00 bits per heavy atom. The Labute approximate surface area is 191 Å². The van der Waals surface area contributed by atoms with Gasteiger partial charge >= 0.3 is 0 Å². The minimum absolute atomic E-state index is 0.0214. The number of rotatable bonds is 7. The van der Waals surface area contributed by atoms with Crippen molar-refractivity contribution in [3.05, 3.63) is 71.0 Å². The third kappa shape index (κ3) is 5.38. The second kappa shape index (κ2) is 9.95. The van der Waals surface area contributed by atoms with Gasteiger partial charge in [-0.3, -0.25) is 9.59 Å². The van der Waals surface area contributed by atoms with Gasteiger partial charge in [0.1, 0.15) is 5.82 Å². The van der Waals surface area contributed by atoms with E-state index < -0.39 is 23.5 Å². The number of nitrogens with one attached hydrogen (secondary N) is 1. The summed E-state index contributed by atoms with van der Waals surface area (Å²) >= 11 is 0. The van der Waals surface area contributed by atoms with Gasteiger partial charge in [0, 0.05) is 24.2 Å². The fourth-order valence-electron chi connectivity index (χ4n) is 5.23. The van der Waals surface area contributed by atoms with E-state index in [2.05, 4.69) is 5.32 Å². The molecular weight excluding hydrogens is 431 g/mol. The van der Waals surface area contributed by atoms with Crippen molar-refractivity contribution in [1.82, 2.24) is 10.2 Å². The van der Waals surface area contributed by atoms with Gasteiger partial charge in [-0.2, -0.15) is 0 Å². The van der Waals surface area contributed by atoms with Crippen molar-refractivity contribution < 1.29 is 22.8 Å². The molecule has 2 heterocycles. The predicted molar refractivity (Wildman–Crippen MR) is 118 cm³/mol. The normalized spacial score (nSPS) is 22.8. The summed E-state index contributed by atoms with van der Waals surface area (Å²) in [7, 11) is 0. The average molecular weight is 460 g/mol. The molecule has 176 valence electrons. The number of carbonyl (C=O) groups excluding carboxylic acids is 2. The predicted octanol–water partition coefficient (Wildman–Crippen LogP) is 3.10. The molecule has 0 saturated carbocycles. The highest BCUT2D eigenvalue weighted by Gasteiger charge is 2.44. The highest BCUT2D eigenvalue weighted by molar-refractivity contribution is 5.86. The third-order valence-electron chi connectivity index (χ3n) is 6.85. The Hall–Kier alpha value is -2.87. The van der Waals surface area contributed by atoms with Crippen LogP contribution in [0.2, 0.25) is 0 Å². The SMILES string of the molecule is N[C@H](Cc1cc(F)c(F)cc1F)[C@@H]1C[C@H]2CC[C@@H](C1)N2C(=O)CNC(=O)Cc1ccccc1. The smallest absolute Gasteiger partial charge is 0.242 e. The number of amides is 2. The van der Waals surface area contributed by atoms with Crippen molar-refractivity contribution in [2.45, 2.75) is 56.7 Å². The van der Waals surface area contributed by atoms with E-state index >= 15 is 0 Å². The Balaban J connectivity index is 1.31. The maximum Gasteiger partial charge on any atom is 0.242 e. The first kappa shape index (κ1) is 23.3. The number of benzene rings is 2. The number of hydrogen-bond donors (Lipinski definition) is 2. The molecule has 33 heavy (non-hydrogen) atoms. The van der Waals surface area contributed by atoms with Crippen molar-refractivity contribution in [1.29, 1.82) is 0 Å². The van der Waals surface area contributed by atoms with Gasteiger partial charge in [-0.1, -0.05) is 30.3 Å². The van der Waals surface area contributed by atoms with E-state index in [0.717, 1.165) is 24.5 Å². The lowest BCUT2D eigenvalue weighted by Gasteiger charge is -2.41. The molecule has 0 aromatic heterocycles. The Kier molecular flexibility index (Phi) is 7.02. The molecule has 2 saturated heterocycles. The topological polar surface area (TPSA) is 75.4 Å². The summed E-state index contributed by atoms with van der Waals surface area (Å²) in [5.41, 5.74) is 7.29. The first-order chi connectivity index (χ1) is 15.8. The lowest BCUT2D eigenvalue weighted by atomic mass is 9.82. The lowest BCUT2D eigenvalue weighted by Crippen LogP contribution is -2.52. The van der Waals surface area contributed by atoms with E-state index in [1.165, 1.54) is 0 Å². The van der Waals surface area contributed by atoms with Crippen LogP contribution >= 0.6 is 0 Å². The van der Waals surface area contributed by atoms with Crippen molar-refractivity contribution in [3.63, 3.8) is 0 Å². The second-order valence-corrected chi connectivity index (χ2v) is 9.08. The van der Waals surface area contributed by atoms with Crippen LogP contribution in [-0.2, 0) is 22.4 Å². The van der Waals surface area contributed by atoms with Gasteiger partial charge in [-0.25, -0.2) is 13.2 Å². The molecule has 2 aromatic carbocycles. The summed E-state index contributed by atoms with van der Waals surface area (Å²) in [5, 5.41) is 2.72. The summed E-state index contributed by atoms with van der Waals surface area (Å²) in [6.45, 7) is -0.0462. The van der Waals surface area contributed by atoms with Crippen molar-refractivity contribution in [3.8, 4) is 0 Å².